The summed E-state index contributed by atoms with van der Waals surface area (Å²) in [7, 11) is 0. The minimum Gasteiger partial charge on any atom is -0.385 e. The number of fused-ring (bicyclic) bond motifs is 1. The first-order chi connectivity index (χ1) is 7.69. The molecule has 1 aromatic carbocycles. The lowest BCUT2D eigenvalue weighted by Crippen LogP contribution is -2.30. The molecule has 0 saturated carbocycles. The van der Waals surface area contributed by atoms with Gasteiger partial charge >= 0.3 is 0 Å². The van der Waals surface area contributed by atoms with Gasteiger partial charge in [-0.1, -0.05) is 12.1 Å². The number of aliphatic hydroxyl groups is 1. The molecule has 1 aliphatic carbocycles. The van der Waals surface area contributed by atoms with Gasteiger partial charge in [-0.15, -0.1) is 6.58 Å². The SMILES string of the molecule is C=CC[C@]1(O)CCCc2cc(C#N)ccc21. The zero-order valence-corrected chi connectivity index (χ0v) is 9.24. The van der Waals surface area contributed by atoms with E-state index in [1.165, 1.54) is 0 Å². The highest BCUT2D eigenvalue weighted by Gasteiger charge is 2.32. The average molecular weight is 213 g/mol. The number of benzene rings is 1. The summed E-state index contributed by atoms with van der Waals surface area (Å²) in [6, 6.07) is 7.69. The van der Waals surface area contributed by atoms with Crippen LogP contribution in [0.5, 0.6) is 0 Å². The third-order valence-corrected chi connectivity index (χ3v) is 3.25. The van der Waals surface area contributed by atoms with Crippen LogP contribution in [0.25, 0.3) is 0 Å². The van der Waals surface area contributed by atoms with E-state index in [4.69, 9.17) is 5.26 Å². The van der Waals surface area contributed by atoms with Gasteiger partial charge in [-0.3, -0.25) is 0 Å². The van der Waals surface area contributed by atoms with E-state index in [0.29, 0.717) is 12.0 Å². The van der Waals surface area contributed by atoms with E-state index in [0.717, 1.165) is 30.4 Å². The molecule has 0 amide bonds. The summed E-state index contributed by atoms with van der Waals surface area (Å²) in [4.78, 5) is 0. The van der Waals surface area contributed by atoms with Crippen molar-refractivity contribution in [2.24, 2.45) is 0 Å². The van der Waals surface area contributed by atoms with Crippen molar-refractivity contribution in [1.82, 2.24) is 0 Å². The van der Waals surface area contributed by atoms with Crippen LogP contribution >= 0.6 is 0 Å². The monoisotopic (exact) mass is 213 g/mol. The molecule has 2 nitrogen and oxygen atoms in total. The van der Waals surface area contributed by atoms with Crippen molar-refractivity contribution in [1.29, 1.82) is 5.26 Å². The second-order valence-corrected chi connectivity index (χ2v) is 4.36. The molecule has 1 aliphatic rings. The van der Waals surface area contributed by atoms with Crippen LogP contribution in [0.4, 0.5) is 0 Å². The van der Waals surface area contributed by atoms with Crippen molar-refractivity contribution in [3.63, 3.8) is 0 Å². The van der Waals surface area contributed by atoms with Crippen molar-refractivity contribution >= 4 is 0 Å². The van der Waals surface area contributed by atoms with Gasteiger partial charge in [0.25, 0.3) is 0 Å². The van der Waals surface area contributed by atoms with Gasteiger partial charge < -0.3 is 5.11 Å². The van der Waals surface area contributed by atoms with Crippen LogP contribution < -0.4 is 0 Å². The van der Waals surface area contributed by atoms with Crippen molar-refractivity contribution in [3.8, 4) is 6.07 Å². The molecule has 2 rings (SSSR count). The van der Waals surface area contributed by atoms with Gasteiger partial charge in [-0.05, 0) is 48.9 Å². The second kappa shape index (κ2) is 4.11. The summed E-state index contributed by atoms with van der Waals surface area (Å²) >= 11 is 0. The number of hydrogen-bond acceptors (Lipinski definition) is 2. The Morgan fingerprint density at radius 3 is 3.06 bits per heavy atom. The topological polar surface area (TPSA) is 44.0 Å². The second-order valence-electron chi connectivity index (χ2n) is 4.36. The summed E-state index contributed by atoms with van der Waals surface area (Å²) in [5, 5.41) is 19.4. The van der Waals surface area contributed by atoms with Gasteiger partial charge in [0.15, 0.2) is 0 Å². The number of aryl methyl sites for hydroxylation is 1. The predicted molar refractivity (Wildman–Crippen MR) is 62.8 cm³/mol. The van der Waals surface area contributed by atoms with Crippen LogP contribution in [-0.2, 0) is 12.0 Å². The Labute approximate surface area is 95.8 Å². The van der Waals surface area contributed by atoms with Gasteiger partial charge in [-0.25, -0.2) is 0 Å². The number of rotatable bonds is 2. The van der Waals surface area contributed by atoms with E-state index in [-0.39, 0.29) is 0 Å². The van der Waals surface area contributed by atoms with Crippen LogP contribution in [0.3, 0.4) is 0 Å². The number of nitrogens with zero attached hydrogens (tertiary/aromatic N) is 1. The van der Waals surface area contributed by atoms with Gasteiger partial charge in [0.2, 0.25) is 0 Å². The first-order valence-electron chi connectivity index (χ1n) is 5.56. The fourth-order valence-electron chi connectivity index (χ4n) is 2.48. The Balaban J connectivity index is 2.48. The van der Waals surface area contributed by atoms with Gasteiger partial charge in [0.05, 0.1) is 17.2 Å². The van der Waals surface area contributed by atoms with Gasteiger partial charge in [-0.2, -0.15) is 5.26 Å². The molecular formula is C14H15NO. The Kier molecular flexibility index (Phi) is 2.80. The summed E-state index contributed by atoms with van der Waals surface area (Å²) in [6.45, 7) is 3.69. The summed E-state index contributed by atoms with van der Waals surface area (Å²) in [5.41, 5.74) is 1.97. The molecule has 0 radical (unpaired) electrons. The zero-order chi connectivity index (χ0) is 11.6. The molecule has 1 aromatic rings. The molecule has 1 atom stereocenters. The Morgan fingerprint density at radius 2 is 2.38 bits per heavy atom. The maximum atomic E-state index is 10.5. The average Bonchev–Trinajstić information content (AvgIpc) is 2.29. The maximum Gasteiger partial charge on any atom is 0.0991 e. The van der Waals surface area contributed by atoms with Crippen molar-refractivity contribution in [3.05, 3.63) is 47.5 Å². The molecule has 0 unspecified atom stereocenters. The number of nitriles is 1. The minimum atomic E-state index is -0.774. The fourth-order valence-corrected chi connectivity index (χ4v) is 2.48. The summed E-state index contributed by atoms with van der Waals surface area (Å²) in [5.74, 6) is 0. The van der Waals surface area contributed by atoms with Crippen LogP contribution in [-0.4, -0.2) is 5.11 Å². The standard InChI is InChI=1S/C14H15NO/c1-2-7-14(16)8-3-4-12-9-11(10-15)5-6-13(12)14/h2,5-6,9,16H,1,3-4,7-8H2/t14-/m0/s1. The Bertz CT molecular complexity index is 458. The van der Waals surface area contributed by atoms with E-state index < -0.39 is 5.60 Å². The van der Waals surface area contributed by atoms with Crippen LogP contribution in [0.2, 0.25) is 0 Å². The lowest BCUT2D eigenvalue weighted by Gasteiger charge is -2.33. The molecule has 0 bridgehead atoms. The molecule has 0 spiro atoms. The molecule has 2 heteroatoms. The van der Waals surface area contributed by atoms with Gasteiger partial charge in [0, 0.05) is 0 Å². The summed E-state index contributed by atoms with van der Waals surface area (Å²) in [6.07, 6.45) is 5.02. The van der Waals surface area contributed by atoms with Crippen molar-refractivity contribution in [2.45, 2.75) is 31.3 Å². The van der Waals surface area contributed by atoms with Gasteiger partial charge in [0.1, 0.15) is 0 Å². The van der Waals surface area contributed by atoms with Crippen LogP contribution in [0.15, 0.2) is 30.9 Å². The highest BCUT2D eigenvalue weighted by molar-refractivity contribution is 5.42. The number of hydrogen-bond donors (Lipinski definition) is 1. The molecule has 0 aliphatic heterocycles. The normalized spacial score (nSPS) is 23.2. The van der Waals surface area contributed by atoms with Crippen LogP contribution in [0, 0.1) is 11.3 Å². The predicted octanol–water partition coefficient (Wildman–Crippen LogP) is 2.66. The van der Waals surface area contributed by atoms with Crippen molar-refractivity contribution in [2.75, 3.05) is 0 Å². The highest BCUT2D eigenvalue weighted by Crippen LogP contribution is 2.38. The third kappa shape index (κ3) is 1.75. The smallest absolute Gasteiger partial charge is 0.0991 e. The molecule has 0 saturated heterocycles. The maximum absolute atomic E-state index is 10.5. The quantitative estimate of drug-likeness (QED) is 0.767. The largest absolute Gasteiger partial charge is 0.385 e. The molecular weight excluding hydrogens is 198 g/mol. The first-order valence-corrected chi connectivity index (χ1v) is 5.56. The lowest BCUT2D eigenvalue weighted by molar-refractivity contribution is 0.0218. The van der Waals surface area contributed by atoms with E-state index in [2.05, 4.69) is 12.6 Å². The van der Waals surface area contributed by atoms with Crippen LogP contribution in [0.1, 0.15) is 36.0 Å². The molecule has 0 aromatic heterocycles. The lowest BCUT2D eigenvalue weighted by atomic mass is 9.77. The first kappa shape index (κ1) is 10.9. The Morgan fingerprint density at radius 1 is 1.56 bits per heavy atom. The Hall–Kier alpha value is -1.59. The van der Waals surface area contributed by atoms with E-state index in [9.17, 15) is 5.11 Å². The van der Waals surface area contributed by atoms with Crippen molar-refractivity contribution < 1.29 is 5.11 Å². The minimum absolute atomic E-state index is 0.575. The molecule has 0 fully saturated rings. The summed E-state index contributed by atoms with van der Waals surface area (Å²) < 4.78 is 0. The highest BCUT2D eigenvalue weighted by atomic mass is 16.3. The molecule has 16 heavy (non-hydrogen) atoms. The van der Waals surface area contributed by atoms with E-state index in [1.54, 1.807) is 12.1 Å². The third-order valence-electron chi connectivity index (χ3n) is 3.25. The molecule has 82 valence electrons. The fraction of sp³-hybridized carbons (Fsp3) is 0.357. The van der Waals surface area contributed by atoms with E-state index in [1.807, 2.05) is 12.1 Å². The molecule has 1 N–H and O–H groups in total. The zero-order valence-electron chi connectivity index (χ0n) is 9.24. The molecule has 0 heterocycles. The van der Waals surface area contributed by atoms with E-state index >= 15 is 0 Å².